The van der Waals surface area contributed by atoms with E-state index in [0.29, 0.717) is 5.56 Å². The summed E-state index contributed by atoms with van der Waals surface area (Å²) in [5, 5.41) is 16.2. The quantitative estimate of drug-likeness (QED) is 0.646. The maximum absolute atomic E-state index is 8.29. The van der Waals surface area contributed by atoms with Gasteiger partial charge in [0, 0.05) is 6.04 Å². The lowest BCUT2D eigenvalue weighted by molar-refractivity contribution is 0.140. The normalized spacial score (nSPS) is 8.54. The molecular formula is C10H14N2O. The van der Waals surface area contributed by atoms with Crippen LogP contribution in [0.3, 0.4) is 0 Å². The Kier molecular flexibility index (Phi) is 6.52. The number of hydroxylamine groups is 1. The lowest BCUT2D eigenvalue weighted by Gasteiger charge is -1.93. The van der Waals surface area contributed by atoms with E-state index in [9.17, 15) is 0 Å². The van der Waals surface area contributed by atoms with Gasteiger partial charge in [0.15, 0.2) is 0 Å². The Morgan fingerprint density at radius 3 is 2.00 bits per heavy atom. The van der Waals surface area contributed by atoms with Crippen LogP contribution in [0.25, 0.3) is 0 Å². The van der Waals surface area contributed by atoms with Crippen molar-refractivity contribution in [2.75, 3.05) is 0 Å². The van der Waals surface area contributed by atoms with E-state index in [1.807, 2.05) is 43.6 Å². The highest BCUT2D eigenvalue weighted by molar-refractivity contribution is 5.27. The van der Waals surface area contributed by atoms with Crippen LogP contribution in [-0.2, 0) is 0 Å². The Morgan fingerprint density at radius 1 is 1.31 bits per heavy atom. The summed E-state index contributed by atoms with van der Waals surface area (Å²) in [4.78, 5) is 0. The maximum Gasteiger partial charge on any atom is 0.0991 e. The summed E-state index contributed by atoms with van der Waals surface area (Å²) >= 11 is 0. The van der Waals surface area contributed by atoms with E-state index in [0.717, 1.165) is 0 Å². The van der Waals surface area contributed by atoms with Crippen molar-refractivity contribution in [3.05, 3.63) is 35.9 Å². The number of rotatable bonds is 1. The molecule has 0 fully saturated rings. The van der Waals surface area contributed by atoms with Crippen molar-refractivity contribution < 1.29 is 5.21 Å². The molecule has 1 aromatic rings. The Bertz CT molecular complexity index is 251. The molecule has 0 aromatic heterocycles. The molecule has 3 heteroatoms. The van der Waals surface area contributed by atoms with Gasteiger partial charge in [0.1, 0.15) is 0 Å². The molecule has 0 heterocycles. The first-order valence-electron chi connectivity index (χ1n) is 4.05. The van der Waals surface area contributed by atoms with Gasteiger partial charge in [-0.3, -0.25) is 0 Å². The minimum atomic E-state index is 0.190. The van der Waals surface area contributed by atoms with Crippen molar-refractivity contribution in [3.63, 3.8) is 0 Å². The molecule has 1 aromatic carbocycles. The van der Waals surface area contributed by atoms with Gasteiger partial charge in [0.05, 0.1) is 11.6 Å². The van der Waals surface area contributed by atoms with Crippen molar-refractivity contribution >= 4 is 0 Å². The fourth-order valence-corrected chi connectivity index (χ4v) is 0.513. The smallest absolute Gasteiger partial charge is 0.0991 e. The van der Waals surface area contributed by atoms with E-state index in [2.05, 4.69) is 0 Å². The highest BCUT2D eigenvalue weighted by Gasteiger charge is 1.79. The molecule has 0 aliphatic rings. The molecular weight excluding hydrogens is 164 g/mol. The molecule has 0 unspecified atom stereocenters. The SMILES string of the molecule is CC(C)NO.N#Cc1ccccc1. The molecule has 0 aliphatic heterocycles. The first kappa shape index (κ1) is 11.6. The number of nitrogens with zero attached hydrogens (tertiary/aromatic N) is 1. The summed E-state index contributed by atoms with van der Waals surface area (Å²) in [6.45, 7) is 3.72. The van der Waals surface area contributed by atoms with Gasteiger partial charge in [-0.25, -0.2) is 5.48 Å². The number of hydrogen-bond donors (Lipinski definition) is 2. The molecule has 70 valence electrons. The second kappa shape index (κ2) is 7.29. The van der Waals surface area contributed by atoms with E-state index in [1.54, 1.807) is 12.1 Å². The Hall–Kier alpha value is -1.37. The van der Waals surface area contributed by atoms with Crippen LogP contribution in [-0.4, -0.2) is 11.2 Å². The second-order valence-corrected chi connectivity index (χ2v) is 2.76. The molecule has 2 N–H and O–H groups in total. The van der Waals surface area contributed by atoms with Crippen LogP contribution in [0.2, 0.25) is 0 Å². The topological polar surface area (TPSA) is 56.0 Å². The fraction of sp³-hybridized carbons (Fsp3) is 0.300. The fourth-order valence-electron chi connectivity index (χ4n) is 0.513. The Labute approximate surface area is 78.6 Å². The zero-order valence-corrected chi connectivity index (χ0v) is 7.86. The van der Waals surface area contributed by atoms with E-state index in [1.165, 1.54) is 0 Å². The molecule has 0 bridgehead atoms. The van der Waals surface area contributed by atoms with Crippen molar-refractivity contribution in [3.8, 4) is 6.07 Å². The van der Waals surface area contributed by atoms with Crippen LogP contribution in [0.1, 0.15) is 19.4 Å². The zero-order chi connectivity index (χ0) is 10.1. The molecule has 3 nitrogen and oxygen atoms in total. The van der Waals surface area contributed by atoms with Crippen molar-refractivity contribution in [1.82, 2.24) is 5.48 Å². The zero-order valence-electron chi connectivity index (χ0n) is 7.86. The minimum Gasteiger partial charge on any atom is -0.317 e. The number of hydrogen-bond acceptors (Lipinski definition) is 3. The third-order valence-corrected chi connectivity index (χ3v) is 1.16. The average Bonchev–Trinajstić information content (AvgIpc) is 2.20. The lowest BCUT2D eigenvalue weighted by atomic mass is 10.2. The molecule has 0 atom stereocenters. The summed E-state index contributed by atoms with van der Waals surface area (Å²) in [6, 6.07) is 11.4. The van der Waals surface area contributed by atoms with E-state index < -0.39 is 0 Å². The van der Waals surface area contributed by atoms with Gasteiger partial charge in [0.2, 0.25) is 0 Å². The predicted octanol–water partition coefficient (Wildman–Crippen LogP) is 1.93. The molecule has 13 heavy (non-hydrogen) atoms. The monoisotopic (exact) mass is 178 g/mol. The van der Waals surface area contributed by atoms with Crippen LogP contribution in [0.15, 0.2) is 30.3 Å². The highest BCUT2D eigenvalue weighted by Crippen LogP contribution is 1.93. The minimum absolute atomic E-state index is 0.190. The van der Waals surface area contributed by atoms with Crippen LogP contribution in [0.4, 0.5) is 0 Å². The van der Waals surface area contributed by atoms with Crippen molar-refractivity contribution in [2.45, 2.75) is 19.9 Å². The lowest BCUT2D eigenvalue weighted by Crippen LogP contribution is -2.16. The average molecular weight is 178 g/mol. The molecule has 1 rings (SSSR count). The first-order valence-corrected chi connectivity index (χ1v) is 4.05. The summed E-state index contributed by atoms with van der Waals surface area (Å²) in [5.74, 6) is 0. The summed E-state index contributed by atoms with van der Waals surface area (Å²) in [5.41, 5.74) is 2.74. The van der Waals surface area contributed by atoms with Gasteiger partial charge in [0.25, 0.3) is 0 Å². The first-order chi connectivity index (χ1) is 6.20. The maximum atomic E-state index is 8.29. The molecule has 0 radical (unpaired) electrons. The van der Waals surface area contributed by atoms with Gasteiger partial charge in [-0.2, -0.15) is 5.26 Å². The van der Waals surface area contributed by atoms with Gasteiger partial charge in [-0.05, 0) is 26.0 Å². The third kappa shape index (κ3) is 7.01. The van der Waals surface area contributed by atoms with Gasteiger partial charge < -0.3 is 5.21 Å². The molecule has 0 spiro atoms. The van der Waals surface area contributed by atoms with Gasteiger partial charge in [-0.1, -0.05) is 18.2 Å². The predicted molar refractivity (Wildman–Crippen MR) is 51.2 cm³/mol. The number of nitrogens with one attached hydrogen (secondary N) is 1. The number of nitriles is 1. The van der Waals surface area contributed by atoms with Gasteiger partial charge >= 0.3 is 0 Å². The molecule has 0 saturated carbocycles. The van der Waals surface area contributed by atoms with Gasteiger partial charge in [-0.15, -0.1) is 0 Å². The Balaban J connectivity index is 0.000000252. The van der Waals surface area contributed by atoms with Crippen LogP contribution in [0, 0.1) is 11.3 Å². The summed E-state index contributed by atoms with van der Waals surface area (Å²) in [6.07, 6.45) is 0. The molecule has 0 aliphatic carbocycles. The van der Waals surface area contributed by atoms with Crippen molar-refractivity contribution in [2.24, 2.45) is 0 Å². The number of benzene rings is 1. The largest absolute Gasteiger partial charge is 0.317 e. The van der Waals surface area contributed by atoms with E-state index >= 15 is 0 Å². The van der Waals surface area contributed by atoms with E-state index in [-0.39, 0.29) is 6.04 Å². The third-order valence-electron chi connectivity index (χ3n) is 1.16. The van der Waals surface area contributed by atoms with Crippen LogP contribution >= 0.6 is 0 Å². The molecule has 0 saturated heterocycles. The highest BCUT2D eigenvalue weighted by atomic mass is 16.5. The van der Waals surface area contributed by atoms with Crippen LogP contribution in [0.5, 0.6) is 0 Å². The second-order valence-electron chi connectivity index (χ2n) is 2.76. The van der Waals surface area contributed by atoms with Crippen molar-refractivity contribution in [1.29, 1.82) is 5.26 Å². The summed E-state index contributed by atoms with van der Waals surface area (Å²) in [7, 11) is 0. The standard InChI is InChI=1S/C7H5N.C3H9NO/c8-6-7-4-2-1-3-5-7;1-3(2)4-5/h1-5H;3-5H,1-2H3. The van der Waals surface area contributed by atoms with Crippen LogP contribution < -0.4 is 5.48 Å². The Morgan fingerprint density at radius 2 is 1.77 bits per heavy atom. The molecule has 0 amide bonds. The van der Waals surface area contributed by atoms with E-state index in [4.69, 9.17) is 10.5 Å². The summed E-state index contributed by atoms with van der Waals surface area (Å²) < 4.78 is 0.